The number of methoxy groups -OCH3 is 2. The minimum Gasteiger partial charge on any atom is -0.490 e. The van der Waals surface area contributed by atoms with Crippen molar-refractivity contribution in [1.82, 2.24) is 5.32 Å². The molecule has 3 aliphatic rings. The van der Waals surface area contributed by atoms with Crippen LogP contribution in [0.5, 0.6) is 5.75 Å². The average Bonchev–Trinajstić information content (AvgIpc) is 3.79. The molecule has 5 rings (SSSR count). The minimum atomic E-state index is -0.529. The normalized spacial score (nSPS) is 23.4. The first-order chi connectivity index (χ1) is 21.0. The molecule has 238 valence electrons. The van der Waals surface area contributed by atoms with Crippen LogP contribution in [0.2, 0.25) is 0 Å². The summed E-state index contributed by atoms with van der Waals surface area (Å²) in [5.41, 5.74) is 4.77. The van der Waals surface area contributed by atoms with Gasteiger partial charge in [0.2, 0.25) is 0 Å². The van der Waals surface area contributed by atoms with Crippen LogP contribution in [0, 0.1) is 5.41 Å². The van der Waals surface area contributed by atoms with Crippen LogP contribution in [-0.4, -0.2) is 96.9 Å². The molecule has 2 aromatic carbocycles. The molecule has 0 spiro atoms. The van der Waals surface area contributed by atoms with Gasteiger partial charge in [-0.15, -0.1) is 0 Å². The van der Waals surface area contributed by atoms with Crippen LogP contribution in [0.15, 0.2) is 42.5 Å². The smallest absolute Gasteiger partial charge is 0.142 e. The molecule has 0 aromatic heterocycles. The number of nitrogens with zero attached hydrogens (tertiary/aromatic N) is 1. The van der Waals surface area contributed by atoms with Crippen molar-refractivity contribution >= 4 is 5.69 Å². The molecule has 0 bridgehead atoms. The van der Waals surface area contributed by atoms with E-state index >= 15 is 0 Å². The first kappa shape index (κ1) is 32.2. The number of rotatable bonds is 17. The average molecular weight is 599 g/mol. The lowest BCUT2D eigenvalue weighted by molar-refractivity contribution is -0.0752. The van der Waals surface area contributed by atoms with E-state index in [0.29, 0.717) is 26.4 Å². The first-order valence-electron chi connectivity index (χ1n) is 15.8. The van der Waals surface area contributed by atoms with Crippen molar-refractivity contribution in [2.45, 2.75) is 63.6 Å². The fourth-order valence-corrected chi connectivity index (χ4v) is 6.16. The van der Waals surface area contributed by atoms with E-state index < -0.39 is 6.10 Å². The Balaban J connectivity index is 1.25. The molecule has 2 fully saturated rings. The van der Waals surface area contributed by atoms with Crippen molar-refractivity contribution in [3.63, 3.8) is 0 Å². The van der Waals surface area contributed by atoms with E-state index in [-0.39, 0.29) is 30.1 Å². The number of anilines is 1. The standard InChI is InChI=1S/C34H50N2O7/c1-25(37)20-42-31-18-35-19-32(33(31)28-8-5-26(6-9-28)21-40-24-34(11-12-34)23-39-3)43-22-27-7-10-30-29(17-27)36(14-16-41-30)13-4-15-38-2/h5-10,17,25,31-33,35,37H,4,11-16,18-24H2,1-3H3/t25-,31-,32+,33?/m1/s1. The minimum absolute atomic E-state index is 0.0258. The Morgan fingerprint density at radius 1 is 0.977 bits per heavy atom. The van der Waals surface area contributed by atoms with Gasteiger partial charge in [0.25, 0.3) is 0 Å². The summed E-state index contributed by atoms with van der Waals surface area (Å²) in [6.07, 6.45) is 2.59. The summed E-state index contributed by atoms with van der Waals surface area (Å²) in [6.45, 7) is 9.28. The summed E-state index contributed by atoms with van der Waals surface area (Å²) in [5, 5.41) is 13.4. The molecule has 2 heterocycles. The highest BCUT2D eigenvalue weighted by molar-refractivity contribution is 5.61. The summed E-state index contributed by atoms with van der Waals surface area (Å²) in [4.78, 5) is 2.37. The summed E-state index contributed by atoms with van der Waals surface area (Å²) in [5.74, 6) is 0.948. The van der Waals surface area contributed by atoms with Gasteiger partial charge in [0.05, 0.1) is 63.6 Å². The molecule has 2 N–H and O–H groups in total. The molecular weight excluding hydrogens is 548 g/mol. The van der Waals surface area contributed by atoms with E-state index in [4.69, 9.17) is 28.4 Å². The van der Waals surface area contributed by atoms with E-state index in [0.717, 1.165) is 68.4 Å². The number of nitrogens with one attached hydrogen (secondary N) is 1. The fraction of sp³-hybridized carbons (Fsp3) is 0.647. The van der Waals surface area contributed by atoms with Crippen LogP contribution in [-0.2, 0) is 36.9 Å². The van der Waals surface area contributed by atoms with Crippen molar-refractivity contribution in [3.05, 3.63) is 59.2 Å². The van der Waals surface area contributed by atoms with E-state index in [2.05, 4.69) is 52.7 Å². The largest absolute Gasteiger partial charge is 0.490 e. The fourth-order valence-electron chi connectivity index (χ4n) is 6.16. The predicted molar refractivity (Wildman–Crippen MR) is 166 cm³/mol. The summed E-state index contributed by atoms with van der Waals surface area (Å²) < 4.78 is 35.5. The van der Waals surface area contributed by atoms with Crippen molar-refractivity contribution in [2.75, 3.05) is 78.3 Å². The third-order valence-electron chi connectivity index (χ3n) is 8.72. The molecule has 2 aliphatic heterocycles. The second-order valence-corrected chi connectivity index (χ2v) is 12.4. The number of ether oxygens (including phenoxy) is 6. The molecular formula is C34H50N2O7. The highest BCUT2D eigenvalue weighted by Gasteiger charge is 2.43. The topological polar surface area (TPSA) is 90.9 Å². The quantitative estimate of drug-likeness (QED) is 0.263. The Morgan fingerprint density at radius 2 is 1.74 bits per heavy atom. The molecule has 4 atom stereocenters. The van der Waals surface area contributed by atoms with Gasteiger partial charge in [-0.3, -0.25) is 0 Å². The second kappa shape index (κ2) is 15.7. The number of hydrogen-bond acceptors (Lipinski definition) is 9. The molecule has 2 aromatic rings. The second-order valence-electron chi connectivity index (χ2n) is 12.4. The molecule has 1 unspecified atom stereocenters. The number of benzene rings is 2. The Kier molecular flexibility index (Phi) is 11.7. The summed E-state index contributed by atoms with van der Waals surface area (Å²) in [7, 11) is 3.50. The van der Waals surface area contributed by atoms with Gasteiger partial charge in [0, 0.05) is 51.8 Å². The predicted octanol–water partition coefficient (Wildman–Crippen LogP) is 3.90. The van der Waals surface area contributed by atoms with Gasteiger partial charge in [-0.2, -0.15) is 0 Å². The molecule has 1 saturated heterocycles. The molecule has 0 amide bonds. The van der Waals surface area contributed by atoms with Gasteiger partial charge in [-0.25, -0.2) is 0 Å². The maximum Gasteiger partial charge on any atom is 0.142 e. The van der Waals surface area contributed by atoms with Crippen LogP contribution >= 0.6 is 0 Å². The summed E-state index contributed by atoms with van der Waals surface area (Å²) >= 11 is 0. The lowest BCUT2D eigenvalue weighted by Crippen LogP contribution is -2.51. The third kappa shape index (κ3) is 8.91. The third-order valence-corrected chi connectivity index (χ3v) is 8.72. The molecule has 1 aliphatic carbocycles. The molecule has 9 nitrogen and oxygen atoms in total. The van der Waals surface area contributed by atoms with Crippen molar-refractivity contribution < 1.29 is 33.5 Å². The van der Waals surface area contributed by atoms with Crippen LogP contribution in [0.4, 0.5) is 5.69 Å². The number of hydrogen-bond donors (Lipinski definition) is 2. The number of aliphatic hydroxyl groups excluding tert-OH is 1. The van der Waals surface area contributed by atoms with Gasteiger partial charge in [-0.05, 0) is 55.0 Å². The van der Waals surface area contributed by atoms with Gasteiger partial charge in [-0.1, -0.05) is 30.3 Å². The molecule has 9 heteroatoms. The Hall–Kier alpha value is -2.24. The van der Waals surface area contributed by atoms with Crippen molar-refractivity contribution in [2.24, 2.45) is 5.41 Å². The van der Waals surface area contributed by atoms with Crippen LogP contribution in [0.1, 0.15) is 48.8 Å². The van der Waals surface area contributed by atoms with E-state index in [1.165, 1.54) is 18.4 Å². The monoisotopic (exact) mass is 598 g/mol. The Morgan fingerprint density at radius 3 is 2.47 bits per heavy atom. The van der Waals surface area contributed by atoms with Gasteiger partial charge in [0.15, 0.2) is 0 Å². The molecule has 43 heavy (non-hydrogen) atoms. The van der Waals surface area contributed by atoms with Crippen molar-refractivity contribution in [3.8, 4) is 5.75 Å². The number of piperidine rings is 1. The maximum absolute atomic E-state index is 9.94. The lowest BCUT2D eigenvalue weighted by Gasteiger charge is -2.39. The highest BCUT2D eigenvalue weighted by Crippen LogP contribution is 2.46. The van der Waals surface area contributed by atoms with Crippen molar-refractivity contribution in [1.29, 1.82) is 0 Å². The van der Waals surface area contributed by atoms with E-state index in [9.17, 15) is 5.11 Å². The SMILES string of the molecule is COCCCN1CCOc2ccc(CO[C@H]3CNC[C@@H](OC[C@@H](C)O)C3c3ccc(COCC4(COC)CC4)cc3)cc21. The number of fused-ring (bicyclic) bond motifs is 1. The van der Waals surface area contributed by atoms with Crippen LogP contribution < -0.4 is 15.0 Å². The lowest BCUT2D eigenvalue weighted by atomic mass is 9.85. The maximum atomic E-state index is 9.94. The number of aliphatic hydroxyl groups is 1. The zero-order valence-corrected chi connectivity index (χ0v) is 26.1. The highest BCUT2D eigenvalue weighted by atomic mass is 16.5. The Bertz CT molecular complexity index is 1120. The Labute approximate surface area is 256 Å². The van der Waals surface area contributed by atoms with E-state index in [1.807, 2.05) is 0 Å². The molecule has 0 radical (unpaired) electrons. The van der Waals surface area contributed by atoms with Gasteiger partial charge in [0.1, 0.15) is 12.4 Å². The van der Waals surface area contributed by atoms with Crippen LogP contribution in [0.3, 0.4) is 0 Å². The first-order valence-corrected chi connectivity index (χ1v) is 15.8. The zero-order chi connectivity index (χ0) is 30.1. The molecule has 1 saturated carbocycles. The summed E-state index contributed by atoms with van der Waals surface area (Å²) in [6, 6.07) is 15.0. The van der Waals surface area contributed by atoms with Crippen LogP contribution in [0.25, 0.3) is 0 Å². The van der Waals surface area contributed by atoms with E-state index in [1.54, 1.807) is 21.1 Å². The zero-order valence-electron chi connectivity index (χ0n) is 26.1. The van der Waals surface area contributed by atoms with Gasteiger partial charge >= 0.3 is 0 Å². The van der Waals surface area contributed by atoms with Gasteiger partial charge < -0.3 is 43.7 Å².